The van der Waals surface area contributed by atoms with Crippen LogP contribution in [0.3, 0.4) is 0 Å². The molecule has 1 aromatic carbocycles. The zero-order valence-corrected chi connectivity index (χ0v) is 10.3. The Morgan fingerprint density at radius 2 is 2.12 bits per heavy atom. The van der Waals surface area contributed by atoms with Gasteiger partial charge in [-0.2, -0.15) is 0 Å². The number of nitrogens with two attached hydrogens (primary N) is 1. The minimum atomic E-state index is -0.522. The molecule has 0 unspecified atom stereocenters. The lowest BCUT2D eigenvalue weighted by molar-refractivity contribution is -0.122. The zero-order valence-electron chi connectivity index (χ0n) is 10.3. The smallest absolute Gasteiger partial charge is 0.236 e. The van der Waals surface area contributed by atoms with Gasteiger partial charge in [-0.3, -0.25) is 4.79 Å². The molecule has 0 saturated heterocycles. The molecule has 0 radical (unpaired) electrons. The van der Waals surface area contributed by atoms with Crippen molar-refractivity contribution >= 4 is 5.91 Å². The minimum Gasteiger partial charge on any atom is -0.497 e. The van der Waals surface area contributed by atoms with E-state index in [1.165, 1.54) is 0 Å². The van der Waals surface area contributed by atoms with Crippen LogP contribution in [0.4, 0.5) is 0 Å². The summed E-state index contributed by atoms with van der Waals surface area (Å²) >= 11 is 0. The summed E-state index contributed by atoms with van der Waals surface area (Å²) in [6, 6.07) is 4.90. The molecule has 94 valence electrons. The Morgan fingerprint density at radius 1 is 1.41 bits per heavy atom. The Kier molecular flexibility index (Phi) is 4.78. The molecule has 0 aromatic heterocycles. The molecule has 0 fully saturated rings. The average Bonchev–Trinajstić information content (AvgIpc) is 2.35. The van der Waals surface area contributed by atoms with Crippen molar-refractivity contribution in [2.75, 3.05) is 14.2 Å². The number of nitrogens with one attached hydrogen (secondary N) is 1. The number of amides is 1. The van der Waals surface area contributed by atoms with Gasteiger partial charge >= 0.3 is 0 Å². The molecule has 0 spiro atoms. The van der Waals surface area contributed by atoms with Gasteiger partial charge in [0.2, 0.25) is 5.91 Å². The topological polar surface area (TPSA) is 73.6 Å². The van der Waals surface area contributed by atoms with Crippen molar-refractivity contribution in [3.05, 3.63) is 23.8 Å². The van der Waals surface area contributed by atoms with Gasteiger partial charge in [-0.25, -0.2) is 0 Å². The van der Waals surface area contributed by atoms with E-state index < -0.39 is 6.04 Å². The lowest BCUT2D eigenvalue weighted by atomic mass is 10.2. The van der Waals surface area contributed by atoms with Gasteiger partial charge in [0.15, 0.2) is 0 Å². The first-order valence-corrected chi connectivity index (χ1v) is 5.32. The van der Waals surface area contributed by atoms with Crippen molar-refractivity contribution in [1.82, 2.24) is 5.32 Å². The van der Waals surface area contributed by atoms with Crippen LogP contribution in [0.1, 0.15) is 12.5 Å². The Hall–Kier alpha value is -1.75. The van der Waals surface area contributed by atoms with Crippen LogP contribution < -0.4 is 20.5 Å². The van der Waals surface area contributed by atoms with E-state index in [0.717, 1.165) is 11.3 Å². The molecule has 0 aliphatic rings. The standard InChI is InChI=1S/C12H18N2O3/c1-8(13)12(15)14-7-9-6-10(16-2)4-5-11(9)17-3/h4-6,8H,7,13H2,1-3H3,(H,14,15)/t8-/m0/s1. The third kappa shape index (κ3) is 3.64. The zero-order chi connectivity index (χ0) is 12.8. The first-order chi connectivity index (χ1) is 8.08. The van der Waals surface area contributed by atoms with Crippen LogP contribution in [0.15, 0.2) is 18.2 Å². The second kappa shape index (κ2) is 6.10. The summed E-state index contributed by atoms with van der Waals surface area (Å²) < 4.78 is 10.3. The Labute approximate surface area is 101 Å². The molecule has 0 aliphatic carbocycles. The first-order valence-electron chi connectivity index (χ1n) is 5.32. The fraction of sp³-hybridized carbons (Fsp3) is 0.417. The lowest BCUT2D eigenvalue weighted by Gasteiger charge is -2.12. The molecule has 1 atom stereocenters. The second-order valence-corrected chi connectivity index (χ2v) is 3.68. The molecule has 5 nitrogen and oxygen atoms in total. The Bertz CT molecular complexity index is 391. The van der Waals surface area contributed by atoms with Gasteiger partial charge in [0.05, 0.1) is 20.3 Å². The van der Waals surface area contributed by atoms with Crippen LogP contribution >= 0.6 is 0 Å². The van der Waals surface area contributed by atoms with Crippen molar-refractivity contribution < 1.29 is 14.3 Å². The lowest BCUT2D eigenvalue weighted by Crippen LogP contribution is -2.37. The number of hydrogen-bond acceptors (Lipinski definition) is 4. The van der Waals surface area contributed by atoms with Crippen LogP contribution in [0, 0.1) is 0 Å². The van der Waals surface area contributed by atoms with E-state index in [0.29, 0.717) is 12.3 Å². The van der Waals surface area contributed by atoms with Crippen LogP contribution in [0.2, 0.25) is 0 Å². The molecule has 3 N–H and O–H groups in total. The fourth-order valence-electron chi connectivity index (χ4n) is 1.36. The predicted molar refractivity (Wildman–Crippen MR) is 65.0 cm³/mol. The van der Waals surface area contributed by atoms with E-state index in [9.17, 15) is 4.79 Å². The Balaban J connectivity index is 2.77. The maximum Gasteiger partial charge on any atom is 0.236 e. The molecule has 1 aromatic rings. The summed E-state index contributed by atoms with van der Waals surface area (Å²) in [5.74, 6) is 1.22. The molecule has 0 saturated carbocycles. The van der Waals surface area contributed by atoms with Crippen molar-refractivity contribution in [3.8, 4) is 11.5 Å². The number of hydrogen-bond donors (Lipinski definition) is 2. The van der Waals surface area contributed by atoms with Crippen LogP contribution in [-0.2, 0) is 11.3 Å². The maximum atomic E-state index is 11.4. The highest BCUT2D eigenvalue weighted by atomic mass is 16.5. The fourth-order valence-corrected chi connectivity index (χ4v) is 1.36. The van der Waals surface area contributed by atoms with Gasteiger partial charge in [0.1, 0.15) is 11.5 Å². The number of ether oxygens (including phenoxy) is 2. The van der Waals surface area contributed by atoms with E-state index in [2.05, 4.69) is 5.32 Å². The third-order valence-corrected chi connectivity index (χ3v) is 2.35. The predicted octanol–water partition coefficient (Wildman–Crippen LogP) is 0.667. The highest BCUT2D eigenvalue weighted by molar-refractivity contribution is 5.81. The first kappa shape index (κ1) is 13.3. The van der Waals surface area contributed by atoms with Crippen LogP contribution in [0.5, 0.6) is 11.5 Å². The molecule has 1 rings (SSSR count). The monoisotopic (exact) mass is 238 g/mol. The molecular formula is C12H18N2O3. The largest absolute Gasteiger partial charge is 0.497 e. The average molecular weight is 238 g/mol. The van der Waals surface area contributed by atoms with Gasteiger partial charge < -0.3 is 20.5 Å². The molecular weight excluding hydrogens is 220 g/mol. The van der Waals surface area contributed by atoms with Crippen LogP contribution in [0.25, 0.3) is 0 Å². The van der Waals surface area contributed by atoms with E-state index in [-0.39, 0.29) is 5.91 Å². The highest BCUT2D eigenvalue weighted by Crippen LogP contribution is 2.23. The number of carbonyl (C=O) groups is 1. The number of methoxy groups -OCH3 is 2. The molecule has 0 bridgehead atoms. The van der Waals surface area contributed by atoms with E-state index in [4.69, 9.17) is 15.2 Å². The molecule has 1 amide bonds. The van der Waals surface area contributed by atoms with E-state index in [1.54, 1.807) is 33.3 Å². The summed E-state index contributed by atoms with van der Waals surface area (Å²) in [4.78, 5) is 11.4. The van der Waals surface area contributed by atoms with Crippen molar-refractivity contribution in [3.63, 3.8) is 0 Å². The van der Waals surface area contributed by atoms with Crippen molar-refractivity contribution in [1.29, 1.82) is 0 Å². The van der Waals surface area contributed by atoms with E-state index in [1.807, 2.05) is 6.07 Å². The number of benzene rings is 1. The summed E-state index contributed by atoms with van der Waals surface area (Å²) in [6.07, 6.45) is 0. The summed E-state index contributed by atoms with van der Waals surface area (Å²) in [7, 11) is 3.17. The molecule has 17 heavy (non-hydrogen) atoms. The highest BCUT2D eigenvalue weighted by Gasteiger charge is 2.09. The number of rotatable bonds is 5. The van der Waals surface area contributed by atoms with Gasteiger partial charge in [-0.1, -0.05) is 0 Å². The third-order valence-electron chi connectivity index (χ3n) is 2.35. The summed E-state index contributed by atoms with van der Waals surface area (Å²) in [6.45, 7) is 2.00. The van der Waals surface area contributed by atoms with E-state index >= 15 is 0 Å². The van der Waals surface area contributed by atoms with Crippen LogP contribution in [-0.4, -0.2) is 26.2 Å². The minimum absolute atomic E-state index is 0.199. The second-order valence-electron chi connectivity index (χ2n) is 3.68. The quantitative estimate of drug-likeness (QED) is 0.790. The van der Waals surface area contributed by atoms with Crippen molar-refractivity contribution in [2.45, 2.75) is 19.5 Å². The molecule has 0 aliphatic heterocycles. The summed E-state index contributed by atoms with van der Waals surface area (Å²) in [5.41, 5.74) is 6.31. The van der Waals surface area contributed by atoms with Gasteiger partial charge in [-0.15, -0.1) is 0 Å². The van der Waals surface area contributed by atoms with Crippen molar-refractivity contribution in [2.24, 2.45) is 5.73 Å². The summed E-state index contributed by atoms with van der Waals surface area (Å²) in [5, 5.41) is 2.72. The molecule has 5 heteroatoms. The van der Waals surface area contributed by atoms with Gasteiger partial charge in [0, 0.05) is 12.1 Å². The Morgan fingerprint density at radius 3 is 2.65 bits per heavy atom. The van der Waals surface area contributed by atoms with Gasteiger partial charge in [-0.05, 0) is 25.1 Å². The maximum absolute atomic E-state index is 11.4. The normalized spacial score (nSPS) is 11.8. The number of carbonyl (C=O) groups excluding carboxylic acids is 1. The molecule has 0 heterocycles. The SMILES string of the molecule is COc1ccc(OC)c(CNC(=O)[C@H](C)N)c1. The van der Waals surface area contributed by atoms with Gasteiger partial charge in [0.25, 0.3) is 0 Å².